The molecule has 3 saturated heterocycles. The zero-order valence-electron chi connectivity index (χ0n) is 15.9. The second-order valence-electron chi connectivity index (χ2n) is 8.95. The average Bonchev–Trinajstić information content (AvgIpc) is 2.75. The van der Waals surface area contributed by atoms with Gasteiger partial charge in [-0.3, -0.25) is 0 Å². The Morgan fingerprint density at radius 2 is 1.48 bits per heavy atom. The summed E-state index contributed by atoms with van der Waals surface area (Å²) < 4.78 is 12.3. The van der Waals surface area contributed by atoms with Crippen LogP contribution in [0.3, 0.4) is 0 Å². The molecule has 3 heterocycles. The van der Waals surface area contributed by atoms with Crippen LogP contribution < -0.4 is 10.4 Å². The van der Waals surface area contributed by atoms with Crippen LogP contribution in [-0.4, -0.2) is 41.6 Å². The molecule has 0 aliphatic carbocycles. The minimum absolute atomic E-state index is 0.129. The number of hydrogen-bond donors (Lipinski definition) is 1. The Morgan fingerprint density at radius 3 is 2.00 bits per heavy atom. The van der Waals surface area contributed by atoms with Crippen molar-refractivity contribution in [2.45, 2.75) is 89.2 Å². The third-order valence-corrected chi connectivity index (χ3v) is 6.67. The number of rotatable bonds is 2. The van der Waals surface area contributed by atoms with E-state index in [9.17, 15) is 5.11 Å². The van der Waals surface area contributed by atoms with E-state index in [2.05, 4.69) is 56.9 Å². The molecule has 1 N–H and O–H groups in total. The third kappa shape index (κ3) is 3.00. The molecule has 136 valence electrons. The second kappa shape index (κ2) is 6.00. The van der Waals surface area contributed by atoms with Gasteiger partial charge in [0.1, 0.15) is 0 Å². The minimum Gasteiger partial charge on any atom is -0.399 e. The molecule has 0 amide bonds. The molecule has 5 heteroatoms. The number of aliphatic hydroxyl groups is 1. The number of piperidine rings is 2. The summed E-state index contributed by atoms with van der Waals surface area (Å²) in [5.74, 6) is 0. The molecule has 1 aromatic rings. The van der Waals surface area contributed by atoms with Gasteiger partial charge >= 0.3 is 7.12 Å². The van der Waals surface area contributed by atoms with Crippen molar-refractivity contribution in [1.29, 1.82) is 0 Å². The first-order valence-electron chi connectivity index (χ1n) is 9.69. The highest BCUT2D eigenvalue weighted by Gasteiger charge is 2.51. The summed E-state index contributed by atoms with van der Waals surface area (Å²) in [6.07, 6.45) is 5.32. The van der Waals surface area contributed by atoms with E-state index in [1.807, 2.05) is 0 Å². The third-order valence-electron chi connectivity index (χ3n) is 6.67. The Kier molecular flexibility index (Phi) is 4.17. The first-order chi connectivity index (χ1) is 11.8. The Bertz CT molecular complexity index is 600. The van der Waals surface area contributed by atoms with Crippen LogP contribution in [0.1, 0.15) is 59.8 Å². The first-order valence-corrected chi connectivity index (χ1v) is 9.69. The van der Waals surface area contributed by atoms with Gasteiger partial charge in [-0.15, -0.1) is 0 Å². The SMILES string of the molecule is CC1(C)OB(c2ccc(N3C4CCCC3CC(O)C4)cc2)OC1(C)C. The number of nitrogens with zero attached hydrogens (tertiary/aromatic N) is 1. The Hall–Kier alpha value is -1.04. The van der Waals surface area contributed by atoms with Gasteiger partial charge in [0.2, 0.25) is 0 Å². The van der Waals surface area contributed by atoms with Crippen molar-refractivity contribution in [3.63, 3.8) is 0 Å². The van der Waals surface area contributed by atoms with Crippen LogP contribution in [0.2, 0.25) is 0 Å². The lowest BCUT2D eigenvalue weighted by Crippen LogP contribution is -2.53. The predicted molar refractivity (Wildman–Crippen MR) is 101 cm³/mol. The van der Waals surface area contributed by atoms with Gasteiger partial charge in [0.05, 0.1) is 17.3 Å². The second-order valence-corrected chi connectivity index (χ2v) is 8.95. The number of fused-ring (bicyclic) bond motifs is 2. The molecule has 2 bridgehead atoms. The molecule has 0 saturated carbocycles. The molecule has 2 unspecified atom stereocenters. The van der Waals surface area contributed by atoms with Crippen LogP contribution in [0.4, 0.5) is 5.69 Å². The zero-order valence-corrected chi connectivity index (χ0v) is 15.9. The zero-order chi connectivity index (χ0) is 17.8. The fourth-order valence-corrected chi connectivity index (χ4v) is 4.56. The topological polar surface area (TPSA) is 41.9 Å². The predicted octanol–water partition coefficient (Wildman–Crippen LogP) is 2.87. The Morgan fingerprint density at radius 1 is 0.960 bits per heavy atom. The number of hydrogen-bond acceptors (Lipinski definition) is 4. The van der Waals surface area contributed by atoms with Gasteiger partial charge in [-0.1, -0.05) is 12.1 Å². The van der Waals surface area contributed by atoms with Crippen LogP contribution >= 0.6 is 0 Å². The van der Waals surface area contributed by atoms with Gasteiger partial charge in [-0.2, -0.15) is 0 Å². The maximum atomic E-state index is 10.1. The Labute approximate surface area is 151 Å². The van der Waals surface area contributed by atoms with Crippen LogP contribution in [0, 0.1) is 0 Å². The summed E-state index contributed by atoms with van der Waals surface area (Å²) in [5.41, 5.74) is 1.72. The van der Waals surface area contributed by atoms with Gasteiger partial charge in [-0.05, 0) is 77.4 Å². The maximum absolute atomic E-state index is 10.1. The summed E-state index contributed by atoms with van der Waals surface area (Å²) in [7, 11) is -0.304. The highest BCUT2D eigenvalue weighted by molar-refractivity contribution is 6.62. The van der Waals surface area contributed by atoms with Crippen LogP contribution in [0.5, 0.6) is 0 Å². The van der Waals surface area contributed by atoms with Crippen molar-refractivity contribution in [2.75, 3.05) is 4.90 Å². The molecular weight excluding hydrogens is 313 g/mol. The maximum Gasteiger partial charge on any atom is 0.494 e. The van der Waals surface area contributed by atoms with E-state index in [4.69, 9.17) is 9.31 Å². The molecule has 25 heavy (non-hydrogen) atoms. The summed E-state index contributed by atoms with van der Waals surface area (Å²) in [4.78, 5) is 2.55. The van der Waals surface area contributed by atoms with Crippen LogP contribution in [-0.2, 0) is 9.31 Å². The fraction of sp³-hybridized carbons (Fsp3) is 0.700. The highest BCUT2D eigenvalue weighted by atomic mass is 16.7. The first kappa shape index (κ1) is 17.4. The molecule has 4 nitrogen and oxygen atoms in total. The van der Waals surface area contributed by atoms with Crippen molar-refractivity contribution < 1.29 is 14.4 Å². The quantitative estimate of drug-likeness (QED) is 0.839. The van der Waals surface area contributed by atoms with E-state index in [0.717, 1.165) is 18.3 Å². The molecule has 0 aromatic heterocycles. The van der Waals surface area contributed by atoms with E-state index in [1.54, 1.807) is 0 Å². The Balaban J connectivity index is 1.53. The lowest BCUT2D eigenvalue weighted by molar-refractivity contribution is 0.00578. The lowest BCUT2D eigenvalue weighted by atomic mass is 9.78. The van der Waals surface area contributed by atoms with Crippen LogP contribution in [0.25, 0.3) is 0 Å². The molecule has 3 aliphatic heterocycles. The number of benzene rings is 1. The standard InChI is InChI=1S/C20H30BNO3/c1-19(2)20(3,4)25-21(24-19)14-8-10-15(11-9-14)22-16-6-5-7-17(22)13-18(23)12-16/h8-11,16-18,23H,5-7,12-13H2,1-4H3. The van der Waals surface area contributed by atoms with E-state index in [1.165, 1.54) is 24.9 Å². The summed E-state index contributed by atoms with van der Waals surface area (Å²) >= 11 is 0. The monoisotopic (exact) mass is 343 g/mol. The highest BCUT2D eigenvalue weighted by Crippen LogP contribution is 2.38. The molecule has 3 fully saturated rings. The summed E-state index contributed by atoms with van der Waals surface area (Å²) in [5, 5.41) is 10.1. The normalized spacial score (nSPS) is 33.6. The molecule has 2 atom stereocenters. The van der Waals surface area contributed by atoms with Crippen molar-refractivity contribution in [3.8, 4) is 0 Å². The largest absolute Gasteiger partial charge is 0.494 e. The molecule has 0 radical (unpaired) electrons. The summed E-state index contributed by atoms with van der Waals surface area (Å²) in [6, 6.07) is 9.62. The van der Waals surface area contributed by atoms with Gasteiger partial charge in [0.15, 0.2) is 0 Å². The van der Waals surface area contributed by atoms with E-state index >= 15 is 0 Å². The van der Waals surface area contributed by atoms with Gasteiger partial charge in [-0.25, -0.2) is 0 Å². The van der Waals surface area contributed by atoms with Crippen LogP contribution in [0.15, 0.2) is 24.3 Å². The minimum atomic E-state index is -0.309. The van der Waals surface area contributed by atoms with Crippen molar-refractivity contribution in [3.05, 3.63) is 24.3 Å². The van der Waals surface area contributed by atoms with Gasteiger partial charge in [0, 0.05) is 17.8 Å². The van der Waals surface area contributed by atoms with Gasteiger partial charge in [0.25, 0.3) is 0 Å². The molecule has 4 rings (SSSR count). The molecular formula is C20H30BNO3. The van der Waals surface area contributed by atoms with Crippen molar-refractivity contribution in [1.82, 2.24) is 0 Å². The molecule has 0 spiro atoms. The van der Waals surface area contributed by atoms with Crippen molar-refractivity contribution in [2.24, 2.45) is 0 Å². The van der Waals surface area contributed by atoms with E-state index in [-0.39, 0.29) is 24.4 Å². The fourth-order valence-electron chi connectivity index (χ4n) is 4.56. The summed E-state index contributed by atoms with van der Waals surface area (Å²) in [6.45, 7) is 8.34. The molecule has 1 aromatic carbocycles. The average molecular weight is 343 g/mol. The van der Waals surface area contributed by atoms with E-state index < -0.39 is 0 Å². The number of anilines is 1. The lowest BCUT2D eigenvalue weighted by Gasteiger charge is -2.49. The van der Waals surface area contributed by atoms with Crippen molar-refractivity contribution >= 4 is 18.3 Å². The van der Waals surface area contributed by atoms with Gasteiger partial charge < -0.3 is 19.3 Å². The smallest absolute Gasteiger partial charge is 0.399 e. The van der Waals surface area contributed by atoms with E-state index in [0.29, 0.717) is 12.1 Å². The number of aliphatic hydroxyl groups excluding tert-OH is 1. The molecule has 3 aliphatic rings.